The minimum Gasteiger partial charge on any atom is -0.508 e. The fourth-order valence-corrected chi connectivity index (χ4v) is 2.14. The van der Waals surface area contributed by atoms with Gasteiger partial charge in [0.05, 0.1) is 0 Å². The van der Waals surface area contributed by atoms with Crippen molar-refractivity contribution in [3.8, 4) is 5.75 Å². The highest BCUT2D eigenvalue weighted by molar-refractivity contribution is 6.06. The molecule has 4 nitrogen and oxygen atoms in total. The summed E-state index contributed by atoms with van der Waals surface area (Å²) in [6.07, 6.45) is 0. The van der Waals surface area contributed by atoms with E-state index in [2.05, 4.69) is 5.32 Å². The van der Waals surface area contributed by atoms with Crippen LogP contribution < -0.4 is 11.1 Å². The van der Waals surface area contributed by atoms with Crippen LogP contribution in [-0.4, -0.2) is 11.0 Å². The maximum atomic E-state index is 12.3. The van der Waals surface area contributed by atoms with E-state index in [1.807, 2.05) is 26.0 Å². The summed E-state index contributed by atoms with van der Waals surface area (Å²) in [5, 5.41) is 12.3. The molecule has 4 N–H and O–H groups in total. The van der Waals surface area contributed by atoms with Gasteiger partial charge in [-0.2, -0.15) is 0 Å². The Bertz CT molecular complexity index is 678. The number of hydrogen-bond acceptors (Lipinski definition) is 3. The second-order valence-corrected chi connectivity index (χ2v) is 4.93. The number of amides is 1. The van der Waals surface area contributed by atoms with Crippen molar-refractivity contribution in [2.75, 3.05) is 11.1 Å². The van der Waals surface area contributed by atoms with Crippen molar-refractivity contribution in [3.05, 3.63) is 52.6 Å². The number of aryl methyl sites for hydroxylation is 2. The van der Waals surface area contributed by atoms with Crippen molar-refractivity contribution < 1.29 is 9.90 Å². The van der Waals surface area contributed by atoms with E-state index < -0.39 is 0 Å². The SMILES string of the molecule is Cc1cc(O)ccc1C(=O)Nc1c(C)ccc(N)c1C. The molecule has 0 aliphatic carbocycles. The van der Waals surface area contributed by atoms with E-state index >= 15 is 0 Å². The molecule has 0 saturated heterocycles. The Hall–Kier alpha value is -2.49. The average Bonchev–Trinajstić information content (AvgIpc) is 2.39. The smallest absolute Gasteiger partial charge is 0.255 e. The van der Waals surface area contributed by atoms with Crippen LogP contribution in [0.5, 0.6) is 5.75 Å². The van der Waals surface area contributed by atoms with Gasteiger partial charge in [0.15, 0.2) is 0 Å². The summed E-state index contributed by atoms with van der Waals surface area (Å²) in [7, 11) is 0. The predicted molar refractivity (Wildman–Crippen MR) is 81.1 cm³/mol. The molecule has 0 bridgehead atoms. The van der Waals surface area contributed by atoms with E-state index in [1.54, 1.807) is 19.1 Å². The van der Waals surface area contributed by atoms with Gasteiger partial charge in [0, 0.05) is 16.9 Å². The number of phenolic OH excluding ortho intramolecular Hbond substituents is 1. The molecular formula is C16H18N2O2. The van der Waals surface area contributed by atoms with Crippen LogP contribution in [0.1, 0.15) is 27.0 Å². The van der Waals surface area contributed by atoms with Crippen molar-refractivity contribution in [3.63, 3.8) is 0 Å². The lowest BCUT2D eigenvalue weighted by atomic mass is 10.0. The molecule has 0 unspecified atom stereocenters. The summed E-state index contributed by atoms with van der Waals surface area (Å²) in [4.78, 5) is 12.3. The molecule has 0 saturated carbocycles. The Kier molecular flexibility index (Phi) is 3.66. The van der Waals surface area contributed by atoms with E-state index in [0.717, 1.165) is 22.4 Å². The van der Waals surface area contributed by atoms with Gasteiger partial charge in [0.2, 0.25) is 0 Å². The van der Waals surface area contributed by atoms with Crippen molar-refractivity contribution in [2.24, 2.45) is 0 Å². The molecule has 0 spiro atoms. The molecule has 2 aromatic carbocycles. The predicted octanol–water partition coefficient (Wildman–Crippen LogP) is 3.15. The third-order valence-electron chi connectivity index (χ3n) is 3.41. The second kappa shape index (κ2) is 5.25. The largest absolute Gasteiger partial charge is 0.508 e. The molecule has 0 aliphatic heterocycles. The first-order chi connectivity index (χ1) is 9.40. The highest BCUT2D eigenvalue weighted by atomic mass is 16.3. The Morgan fingerprint density at radius 1 is 1.10 bits per heavy atom. The van der Waals surface area contributed by atoms with Crippen LogP contribution in [0, 0.1) is 20.8 Å². The normalized spacial score (nSPS) is 10.3. The summed E-state index contributed by atoms with van der Waals surface area (Å²) >= 11 is 0. The Morgan fingerprint density at radius 2 is 1.80 bits per heavy atom. The maximum Gasteiger partial charge on any atom is 0.255 e. The molecule has 0 radical (unpaired) electrons. The number of carbonyl (C=O) groups excluding carboxylic acids is 1. The zero-order chi connectivity index (χ0) is 14.9. The summed E-state index contributed by atoms with van der Waals surface area (Å²) in [5.41, 5.74) is 10.3. The Labute approximate surface area is 118 Å². The molecule has 0 fully saturated rings. The first kappa shape index (κ1) is 13.9. The monoisotopic (exact) mass is 270 g/mol. The van der Waals surface area contributed by atoms with Crippen LogP contribution >= 0.6 is 0 Å². The number of phenols is 1. The van der Waals surface area contributed by atoms with Crippen LogP contribution in [0.3, 0.4) is 0 Å². The van der Waals surface area contributed by atoms with Gasteiger partial charge in [-0.25, -0.2) is 0 Å². The highest BCUT2D eigenvalue weighted by Crippen LogP contribution is 2.26. The van der Waals surface area contributed by atoms with Gasteiger partial charge in [-0.05, 0) is 61.7 Å². The third-order valence-corrected chi connectivity index (χ3v) is 3.41. The molecule has 2 aromatic rings. The van der Waals surface area contributed by atoms with E-state index in [1.165, 1.54) is 6.07 Å². The van der Waals surface area contributed by atoms with Gasteiger partial charge in [-0.15, -0.1) is 0 Å². The summed E-state index contributed by atoms with van der Waals surface area (Å²) in [5.74, 6) is -0.0605. The van der Waals surface area contributed by atoms with Gasteiger partial charge in [-0.1, -0.05) is 6.07 Å². The van der Waals surface area contributed by atoms with Crippen LogP contribution in [0.15, 0.2) is 30.3 Å². The van der Waals surface area contributed by atoms with E-state index in [0.29, 0.717) is 11.3 Å². The van der Waals surface area contributed by atoms with Crippen molar-refractivity contribution in [1.29, 1.82) is 0 Å². The van der Waals surface area contributed by atoms with Gasteiger partial charge < -0.3 is 16.2 Å². The van der Waals surface area contributed by atoms with Gasteiger partial charge in [-0.3, -0.25) is 4.79 Å². The molecule has 1 amide bonds. The van der Waals surface area contributed by atoms with Crippen molar-refractivity contribution >= 4 is 17.3 Å². The third kappa shape index (κ3) is 2.59. The quantitative estimate of drug-likeness (QED) is 0.734. The summed E-state index contributed by atoms with van der Waals surface area (Å²) < 4.78 is 0. The fourth-order valence-electron chi connectivity index (χ4n) is 2.14. The lowest BCUT2D eigenvalue weighted by Crippen LogP contribution is -2.15. The first-order valence-electron chi connectivity index (χ1n) is 6.37. The molecule has 0 atom stereocenters. The van der Waals surface area contributed by atoms with Gasteiger partial charge in [0.25, 0.3) is 5.91 Å². The van der Waals surface area contributed by atoms with Crippen molar-refractivity contribution in [2.45, 2.75) is 20.8 Å². The minimum atomic E-state index is -0.209. The fraction of sp³-hybridized carbons (Fsp3) is 0.188. The van der Waals surface area contributed by atoms with Crippen LogP contribution in [0.2, 0.25) is 0 Å². The number of anilines is 2. The number of rotatable bonds is 2. The number of benzene rings is 2. The molecule has 0 aromatic heterocycles. The molecule has 0 heterocycles. The zero-order valence-corrected chi connectivity index (χ0v) is 11.8. The number of aromatic hydroxyl groups is 1. The number of hydrogen-bond donors (Lipinski definition) is 3. The molecular weight excluding hydrogens is 252 g/mol. The highest BCUT2D eigenvalue weighted by Gasteiger charge is 2.13. The van der Waals surface area contributed by atoms with Gasteiger partial charge >= 0.3 is 0 Å². The maximum absolute atomic E-state index is 12.3. The molecule has 2 rings (SSSR count). The molecule has 0 aliphatic rings. The van der Waals surface area contributed by atoms with E-state index in [-0.39, 0.29) is 11.7 Å². The summed E-state index contributed by atoms with van der Waals surface area (Å²) in [6.45, 7) is 5.58. The minimum absolute atomic E-state index is 0.148. The van der Waals surface area contributed by atoms with Crippen LogP contribution in [0.25, 0.3) is 0 Å². The van der Waals surface area contributed by atoms with Crippen molar-refractivity contribution in [1.82, 2.24) is 0 Å². The molecule has 4 heteroatoms. The molecule has 104 valence electrons. The van der Waals surface area contributed by atoms with E-state index in [4.69, 9.17) is 5.73 Å². The average molecular weight is 270 g/mol. The molecule has 20 heavy (non-hydrogen) atoms. The van der Waals surface area contributed by atoms with Crippen LogP contribution in [-0.2, 0) is 0 Å². The first-order valence-corrected chi connectivity index (χ1v) is 6.37. The number of carbonyl (C=O) groups is 1. The second-order valence-electron chi connectivity index (χ2n) is 4.93. The Balaban J connectivity index is 2.35. The number of nitrogens with one attached hydrogen (secondary N) is 1. The zero-order valence-electron chi connectivity index (χ0n) is 11.8. The summed E-state index contributed by atoms with van der Waals surface area (Å²) in [6, 6.07) is 8.37. The van der Waals surface area contributed by atoms with Gasteiger partial charge in [0.1, 0.15) is 5.75 Å². The topological polar surface area (TPSA) is 75.3 Å². The van der Waals surface area contributed by atoms with Crippen LogP contribution in [0.4, 0.5) is 11.4 Å². The van der Waals surface area contributed by atoms with E-state index in [9.17, 15) is 9.90 Å². The number of nitrogen functional groups attached to an aromatic ring is 1. The standard InChI is InChI=1S/C16H18N2O2/c1-9-4-7-14(17)11(3)15(9)18-16(20)13-6-5-12(19)8-10(13)2/h4-8,19H,17H2,1-3H3,(H,18,20). The lowest BCUT2D eigenvalue weighted by molar-refractivity contribution is 0.102. The number of nitrogens with two attached hydrogens (primary N) is 1. The lowest BCUT2D eigenvalue weighted by Gasteiger charge is -2.14. The Morgan fingerprint density at radius 3 is 2.45 bits per heavy atom.